The summed E-state index contributed by atoms with van der Waals surface area (Å²) in [6.45, 7) is 1.76. The fraction of sp³-hybridized carbons (Fsp3) is 0.364. The Kier molecular flexibility index (Phi) is 4.57. The Balaban J connectivity index is 2.74. The van der Waals surface area contributed by atoms with Gasteiger partial charge in [0.15, 0.2) is 0 Å². The third kappa shape index (κ3) is 3.64. The van der Waals surface area contributed by atoms with Crippen molar-refractivity contribution in [3.05, 3.63) is 11.1 Å². The van der Waals surface area contributed by atoms with E-state index < -0.39 is 29.7 Å². The molecular weight excluding hydrogens is 270 g/mol. The lowest BCUT2D eigenvalue weighted by molar-refractivity contribution is -0.135. The summed E-state index contributed by atoms with van der Waals surface area (Å²) in [6, 6.07) is -0.935. The molecule has 1 fully saturated rings. The molecule has 108 valence electrons. The lowest BCUT2D eigenvalue weighted by Gasteiger charge is -2.25. The summed E-state index contributed by atoms with van der Waals surface area (Å²) in [5.74, 6) is -3.48. The second kappa shape index (κ2) is 5.95. The summed E-state index contributed by atoms with van der Waals surface area (Å²) in [7, 11) is 0. The van der Waals surface area contributed by atoms with E-state index in [1.807, 2.05) is 10.6 Å². The second-order valence-electron chi connectivity index (χ2n) is 4.14. The molecule has 3 N–H and O–H groups in total. The minimum absolute atomic E-state index is 0.140. The number of nitrogens with zero attached hydrogens (tertiary/aromatic N) is 1. The van der Waals surface area contributed by atoms with Crippen molar-refractivity contribution < 1.29 is 29.1 Å². The summed E-state index contributed by atoms with van der Waals surface area (Å²) in [5, 5.41) is 12.6. The van der Waals surface area contributed by atoms with E-state index in [-0.39, 0.29) is 24.2 Å². The third-order valence-electron chi connectivity index (χ3n) is 2.68. The molecule has 1 rings (SSSR count). The molecule has 0 atom stereocenters. The maximum atomic E-state index is 11.7. The van der Waals surface area contributed by atoms with Crippen molar-refractivity contribution in [1.82, 2.24) is 15.5 Å². The lowest BCUT2D eigenvalue weighted by atomic mass is 10.1. The van der Waals surface area contributed by atoms with E-state index in [0.717, 1.165) is 4.90 Å². The van der Waals surface area contributed by atoms with E-state index in [0.29, 0.717) is 0 Å². The minimum Gasteiger partial charge on any atom is -0.478 e. The molecule has 1 saturated heterocycles. The topological polar surface area (TPSA) is 133 Å². The number of carboxylic acids is 1. The number of aliphatic carboxylic acids is 1. The molecule has 0 aromatic carbocycles. The van der Waals surface area contributed by atoms with Gasteiger partial charge < -0.3 is 10.0 Å². The Morgan fingerprint density at radius 1 is 1.10 bits per heavy atom. The Labute approximate surface area is 113 Å². The molecule has 5 amide bonds. The minimum atomic E-state index is -1.28. The zero-order valence-electron chi connectivity index (χ0n) is 10.8. The van der Waals surface area contributed by atoms with Crippen LogP contribution in [0.4, 0.5) is 4.79 Å². The number of carbonyl (C=O) groups is 5. The number of urea groups is 1. The summed E-state index contributed by atoms with van der Waals surface area (Å²) in [4.78, 5) is 57.0. The predicted molar refractivity (Wildman–Crippen MR) is 64.3 cm³/mol. The number of nitrogens with one attached hydrogen (secondary N) is 2. The summed E-state index contributed by atoms with van der Waals surface area (Å²) < 4.78 is 0. The maximum absolute atomic E-state index is 11.7. The fourth-order valence-electron chi connectivity index (χ4n) is 1.38. The number of amides is 5. The van der Waals surface area contributed by atoms with Crippen molar-refractivity contribution in [3.8, 4) is 0 Å². The van der Waals surface area contributed by atoms with Gasteiger partial charge in [0, 0.05) is 11.1 Å². The van der Waals surface area contributed by atoms with Crippen molar-refractivity contribution in [2.75, 3.05) is 13.1 Å². The molecule has 20 heavy (non-hydrogen) atoms. The van der Waals surface area contributed by atoms with Crippen LogP contribution in [0.25, 0.3) is 0 Å². The smallest absolute Gasteiger partial charge is 0.331 e. The first-order valence-electron chi connectivity index (χ1n) is 5.56. The van der Waals surface area contributed by atoms with E-state index >= 15 is 0 Å². The van der Waals surface area contributed by atoms with Gasteiger partial charge in [-0.05, 0) is 13.8 Å². The van der Waals surface area contributed by atoms with Crippen LogP contribution in [0.3, 0.4) is 0 Å². The highest BCUT2D eigenvalue weighted by Crippen LogP contribution is 2.04. The number of imide groups is 2. The van der Waals surface area contributed by atoms with Gasteiger partial charge in [-0.1, -0.05) is 0 Å². The zero-order valence-corrected chi connectivity index (χ0v) is 10.8. The highest BCUT2D eigenvalue weighted by atomic mass is 16.4. The quantitative estimate of drug-likeness (QED) is 0.422. The van der Waals surface area contributed by atoms with Crippen LogP contribution >= 0.6 is 0 Å². The van der Waals surface area contributed by atoms with Crippen LogP contribution in [0.2, 0.25) is 0 Å². The molecule has 0 aliphatic carbocycles. The van der Waals surface area contributed by atoms with Crippen molar-refractivity contribution >= 4 is 29.7 Å². The third-order valence-corrected chi connectivity index (χ3v) is 2.68. The van der Waals surface area contributed by atoms with Crippen LogP contribution in [0.5, 0.6) is 0 Å². The molecule has 0 aromatic rings. The molecule has 1 aliphatic rings. The van der Waals surface area contributed by atoms with Crippen LogP contribution < -0.4 is 10.6 Å². The number of hydrogen-bond donors (Lipinski definition) is 3. The average Bonchev–Trinajstić information content (AvgIpc) is 2.35. The summed E-state index contributed by atoms with van der Waals surface area (Å²) in [5.41, 5.74) is -0.346. The lowest BCUT2D eigenvalue weighted by Crippen LogP contribution is -2.56. The first-order chi connectivity index (χ1) is 9.22. The molecule has 0 unspecified atom stereocenters. The second-order valence-corrected chi connectivity index (χ2v) is 4.14. The van der Waals surface area contributed by atoms with Crippen molar-refractivity contribution in [3.63, 3.8) is 0 Å². The van der Waals surface area contributed by atoms with Crippen molar-refractivity contribution in [1.29, 1.82) is 0 Å². The van der Waals surface area contributed by atoms with Crippen LogP contribution in [0.1, 0.15) is 13.8 Å². The molecule has 9 heteroatoms. The van der Waals surface area contributed by atoms with Crippen LogP contribution in [-0.4, -0.2) is 52.8 Å². The molecule has 9 nitrogen and oxygen atoms in total. The first-order valence-corrected chi connectivity index (χ1v) is 5.56. The van der Waals surface area contributed by atoms with E-state index in [4.69, 9.17) is 5.11 Å². The van der Waals surface area contributed by atoms with Gasteiger partial charge in [0.25, 0.3) is 5.91 Å². The van der Waals surface area contributed by atoms with Crippen molar-refractivity contribution in [2.24, 2.45) is 0 Å². The van der Waals surface area contributed by atoms with Gasteiger partial charge in [0.05, 0.1) is 0 Å². The Morgan fingerprint density at radius 3 is 2.05 bits per heavy atom. The van der Waals surface area contributed by atoms with E-state index in [1.54, 1.807) is 0 Å². The normalized spacial score (nSPS) is 16.2. The summed E-state index contributed by atoms with van der Waals surface area (Å²) >= 11 is 0. The molecule has 0 saturated carbocycles. The molecule has 0 radical (unpaired) electrons. The SMILES string of the molecule is CC(C(=O)O)=C(C)C(=O)NC(=O)N1CC(=O)NC(=O)C1. The molecule has 0 bridgehead atoms. The fourth-order valence-corrected chi connectivity index (χ4v) is 1.38. The van der Waals surface area contributed by atoms with Gasteiger partial charge in [0.2, 0.25) is 11.8 Å². The van der Waals surface area contributed by atoms with Gasteiger partial charge in [-0.2, -0.15) is 0 Å². The van der Waals surface area contributed by atoms with Crippen LogP contribution in [0, 0.1) is 0 Å². The van der Waals surface area contributed by atoms with Crippen molar-refractivity contribution in [2.45, 2.75) is 13.8 Å². The zero-order chi connectivity index (χ0) is 15.4. The largest absolute Gasteiger partial charge is 0.478 e. The first kappa shape index (κ1) is 15.3. The van der Waals surface area contributed by atoms with E-state index in [2.05, 4.69) is 0 Å². The van der Waals surface area contributed by atoms with Gasteiger partial charge >= 0.3 is 12.0 Å². The number of rotatable bonds is 2. The Morgan fingerprint density at radius 2 is 1.60 bits per heavy atom. The highest BCUT2D eigenvalue weighted by Gasteiger charge is 2.27. The van der Waals surface area contributed by atoms with Gasteiger partial charge in [-0.15, -0.1) is 0 Å². The number of carbonyl (C=O) groups excluding carboxylic acids is 4. The molecule has 1 heterocycles. The molecule has 0 aromatic heterocycles. The molecule has 1 aliphatic heterocycles. The highest BCUT2D eigenvalue weighted by molar-refractivity contribution is 6.09. The van der Waals surface area contributed by atoms with Gasteiger partial charge in [-0.25, -0.2) is 9.59 Å². The Hall–Kier alpha value is -2.71. The number of piperazine rings is 1. The van der Waals surface area contributed by atoms with Crippen LogP contribution in [0.15, 0.2) is 11.1 Å². The number of carboxylic acid groups (broad SMARTS) is 1. The maximum Gasteiger partial charge on any atom is 0.331 e. The van der Waals surface area contributed by atoms with Crippen LogP contribution in [-0.2, 0) is 19.2 Å². The van der Waals surface area contributed by atoms with E-state index in [9.17, 15) is 24.0 Å². The average molecular weight is 283 g/mol. The van der Waals surface area contributed by atoms with E-state index in [1.165, 1.54) is 13.8 Å². The van der Waals surface area contributed by atoms with Gasteiger partial charge in [0.1, 0.15) is 13.1 Å². The molecule has 0 spiro atoms. The standard InChI is InChI=1S/C11H13N3O6/c1-5(6(2)10(18)19)9(17)13-11(20)14-3-7(15)12-8(16)4-14/h3-4H2,1-2H3,(H,18,19)(H,12,15,16)(H,13,17,20). The molecular formula is C11H13N3O6. The predicted octanol–water partition coefficient (Wildman–Crippen LogP) is -1.40. The number of hydrogen-bond acceptors (Lipinski definition) is 5. The Bertz CT molecular complexity index is 520. The summed E-state index contributed by atoms with van der Waals surface area (Å²) in [6.07, 6.45) is 0. The van der Waals surface area contributed by atoms with Gasteiger partial charge in [-0.3, -0.25) is 25.0 Å². The monoisotopic (exact) mass is 283 g/mol.